The van der Waals surface area contributed by atoms with Gasteiger partial charge in [-0.2, -0.15) is 0 Å². The second-order valence-corrected chi connectivity index (χ2v) is 4.33. The third kappa shape index (κ3) is 1.55. The fourth-order valence-electron chi connectivity index (χ4n) is 1.48. The second kappa shape index (κ2) is 3.49. The highest BCUT2D eigenvalue weighted by Crippen LogP contribution is 2.21. The Kier molecular flexibility index (Phi) is 2.33. The Hall–Kier alpha value is -1.23. The van der Waals surface area contributed by atoms with E-state index in [1.54, 1.807) is 13.1 Å². The van der Waals surface area contributed by atoms with Crippen molar-refractivity contribution in [2.24, 2.45) is 5.92 Å². The average molecular weight is 210 g/mol. The monoisotopic (exact) mass is 210 g/mol. The average Bonchev–Trinajstić information content (AvgIpc) is 2.71. The van der Waals surface area contributed by atoms with Gasteiger partial charge in [-0.15, -0.1) is 11.3 Å². The summed E-state index contributed by atoms with van der Waals surface area (Å²) in [6.07, 6.45) is 2.01. The lowest BCUT2D eigenvalue weighted by atomic mass is 10.1. The third-order valence-corrected chi connectivity index (χ3v) is 3.01. The molecule has 0 radical (unpaired) electrons. The zero-order valence-corrected chi connectivity index (χ0v) is 8.58. The molecule has 5 heteroatoms. The molecule has 0 spiro atoms. The highest BCUT2D eigenvalue weighted by molar-refractivity contribution is 7.09. The molecule has 0 bridgehead atoms. The molecule has 2 heterocycles. The van der Waals surface area contributed by atoms with Gasteiger partial charge in [0.05, 0.1) is 6.54 Å². The zero-order valence-electron chi connectivity index (χ0n) is 7.77. The van der Waals surface area contributed by atoms with Crippen molar-refractivity contribution < 1.29 is 9.59 Å². The molecule has 2 amide bonds. The molecular formula is C9H10N2O2S. The van der Waals surface area contributed by atoms with Crippen molar-refractivity contribution in [3.05, 3.63) is 16.6 Å². The van der Waals surface area contributed by atoms with E-state index in [1.165, 1.54) is 16.2 Å². The van der Waals surface area contributed by atoms with Crippen molar-refractivity contribution in [1.29, 1.82) is 0 Å². The molecule has 0 N–H and O–H groups in total. The number of carbonyl (C=O) groups is 2. The van der Waals surface area contributed by atoms with Crippen LogP contribution < -0.4 is 0 Å². The summed E-state index contributed by atoms with van der Waals surface area (Å²) in [6.45, 7) is 2.11. The minimum absolute atomic E-state index is 0.0785. The van der Waals surface area contributed by atoms with Gasteiger partial charge in [-0.1, -0.05) is 6.92 Å². The molecule has 1 aliphatic heterocycles. The quantitative estimate of drug-likeness (QED) is 0.685. The van der Waals surface area contributed by atoms with Crippen LogP contribution in [0.3, 0.4) is 0 Å². The van der Waals surface area contributed by atoms with Crippen molar-refractivity contribution in [3.63, 3.8) is 0 Å². The van der Waals surface area contributed by atoms with Gasteiger partial charge in [0.25, 0.3) is 0 Å². The summed E-state index contributed by atoms with van der Waals surface area (Å²) in [7, 11) is 0. The summed E-state index contributed by atoms with van der Waals surface area (Å²) in [5.41, 5.74) is 0. The Labute approximate surface area is 85.6 Å². The van der Waals surface area contributed by atoms with E-state index in [9.17, 15) is 9.59 Å². The van der Waals surface area contributed by atoms with Crippen LogP contribution in [0.1, 0.15) is 18.4 Å². The molecule has 0 aromatic carbocycles. The van der Waals surface area contributed by atoms with Crippen molar-refractivity contribution in [1.82, 2.24) is 9.88 Å². The molecule has 0 saturated carbocycles. The van der Waals surface area contributed by atoms with E-state index in [0.717, 1.165) is 5.01 Å². The molecule has 1 aromatic rings. The lowest BCUT2D eigenvalue weighted by Gasteiger charge is -2.11. The first-order valence-electron chi connectivity index (χ1n) is 4.41. The first-order valence-corrected chi connectivity index (χ1v) is 5.29. The van der Waals surface area contributed by atoms with Gasteiger partial charge in [-0.3, -0.25) is 14.5 Å². The number of hydrogen-bond acceptors (Lipinski definition) is 4. The molecule has 2 rings (SSSR count). The summed E-state index contributed by atoms with van der Waals surface area (Å²) >= 11 is 1.46. The lowest BCUT2D eigenvalue weighted by molar-refractivity contribution is -0.139. The number of likely N-dealkylation sites (tertiary alicyclic amines) is 1. The maximum Gasteiger partial charge on any atom is 0.232 e. The van der Waals surface area contributed by atoms with Crippen LogP contribution in [0.25, 0.3) is 0 Å². The summed E-state index contributed by atoms with van der Waals surface area (Å²) in [5.74, 6) is -0.328. The van der Waals surface area contributed by atoms with Crippen LogP contribution in [0.4, 0.5) is 0 Å². The smallest absolute Gasteiger partial charge is 0.232 e. The van der Waals surface area contributed by atoms with Crippen LogP contribution in [-0.2, 0) is 16.1 Å². The molecule has 1 aromatic heterocycles. The molecule has 1 atom stereocenters. The van der Waals surface area contributed by atoms with Crippen LogP contribution in [-0.4, -0.2) is 21.7 Å². The maximum absolute atomic E-state index is 11.5. The van der Waals surface area contributed by atoms with E-state index >= 15 is 0 Å². The molecule has 14 heavy (non-hydrogen) atoms. The molecule has 74 valence electrons. The first-order chi connectivity index (χ1) is 6.68. The lowest BCUT2D eigenvalue weighted by Crippen LogP contribution is -2.29. The Morgan fingerprint density at radius 3 is 2.93 bits per heavy atom. The van der Waals surface area contributed by atoms with Crippen LogP contribution in [0.2, 0.25) is 0 Å². The number of thiazole rings is 1. The Morgan fingerprint density at radius 1 is 1.64 bits per heavy atom. The SMILES string of the molecule is CC1CC(=O)N(Cc2nccs2)C1=O. The Morgan fingerprint density at radius 2 is 2.43 bits per heavy atom. The summed E-state index contributed by atoms with van der Waals surface area (Å²) < 4.78 is 0. The summed E-state index contributed by atoms with van der Waals surface area (Å²) in [6, 6.07) is 0. The Balaban J connectivity index is 2.12. The van der Waals surface area contributed by atoms with E-state index < -0.39 is 0 Å². The highest BCUT2D eigenvalue weighted by Gasteiger charge is 2.35. The van der Waals surface area contributed by atoms with Gasteiger partial charge >= 0.3 is 0 Å². The number of carbonyl (C=O) groups excluding carboxylic acids is 2. The van der Waals surface area contributed by atoms with E-state index in [4.69, 9.17) is 0 Å². The zero-order chi connectivity index (χ0) is 10.1. The first kappa shape index (κ1) is 9.33. The molecule has 0 aliphatic carbocycles. The van der Waals surface area contributed by atoms with E-state index in [1.807, 2.05) is 5.38 Å². The Bertz CT molecular complexity index is 361. The van der Waals surface area contributed by atoms with Gasteiger partial charge in [0.1, 0.15) is 5.01 Å². The number of hydrogen-bond donors (Lipinski definition) is 0. The third-order valence-electron chi connectivity index (χ3n) is 2.25. The van der Waals surface area contributed by atoms with Crippen LogP contribution in [0.5, 0.6) is 0 Å². The normalized spacial score (nSPS) is 22.1. The molecule has 1 fully saturated rings. The van der Waals surface area contributed by atoms with Gasteiger partial charge < -0.3 is 0 Å². The number of amides is 2. The minimum Gasteiger partial charge on any atom is -0.275 e. The second-order valence-electron chi connectivity index (χ2n) is 3.35. The van der Waals surface area contributed by atoms with Gasteiger partial charge in [0.15, 0.2) is 0 Å². The summed E-state index contributed by atoms with van der Waals surface area (Å²) in [5, 5.41) is 2.64. The molecule has 1 saturated heterocycles. The largest absolute Gasteiger partial charge is 0.275 e. The van der Waals surface area contributed by atoms with Gasteiger partial charge in [0.2, 0.25) is 11.8 Å². The van der Waals surface area contributed by atoms with Crippen molar-refractivity contribution in [2.75, 3.05) is 0 Å². The fourth-order valence-corrected chi connectivity index (χ4v) is 2.08. The number of nitrogens with zero attached hydrogens (tertiary/aromatic N) is 2. The van der Waals surface area contributed by atoms with E-state index in [-0.39, 0.29) is 17.7 Å². The standard InChI is InChI=1S/C9H10N2O2S/c1-6-4-8(12)11(9(6)13)5-7-10-2-3-14-7/h2-3,6H,4-5H2,1H3. The molecular weight excluding hydrogens is 200 g/mol. The minimum atomic E-state index is -0.164. The van der Waals surface area contributed by atoms with Crippen LogP contribution in [0, 0.1) is 5.92 Å². The molecule has 1 unspecified atom stereocenters. The van der Waals surface area contributed by atoms with Crippen molar-refractivity contribution in [2.45, 2.75) is 19.9 Å². The van der Waals surface area contributed by atoms with Crippen LogP contribution >= 0.6 is 11.3 Å². The topological polar surface area (TPSA) is 50.3 Å². The van der Waals surface area contributed by atoms with Crippen molar-refractivity contribution >= 4 is 23.2 Å². The summed E-state index contributed by atoms with van der Waals surface area (Å²) in [4.78, 5) is 28.3. The highest BCUT2D eigenvalue weighted by atomic mass is 32.1. The molecule has 4 nitrogen and oxygen atoms in total. The number of rotatable bonds is 2. The number of aromatic nitrogens is 1. The van der Waals surface area contributed by atoms with Crippen LogP contribution in [0.15, 0.2) is 11.6 Å². The van der Waals surface area contributed by atoms with E-state index in [0.29, 0.717) is 13.0 Å². The predicted octanol–water partition coefficient (Wildman–Crippen LogP) is 1.04. The van der Waals surface area contributed by atoms with E-state index in [2.05, 4.69) is 4.98 Å². The number of imide groups is 1. The maximum atomic E-state index is 11.5. The predicted molar refractivity (Wildman–Crippen MR) is 51.5 cm³/mol. The van der Waals surface area contributed by atoms with Crippen molar-refractivity contribution in [3.8, 4) is 0 Å². The van der Waals surface area contributed by atoms with Gasteiger partial charge in [-0.25, -0.2) is 4.98 Å². The molecule has 1 aliphatic rings. The van der Waals surface area contributed by atoms with Gasteiger partial charge in [0, 0.05) is 23.9 Å². The van der Waals surface area contributed by atoms with Gasteiger partial charge in [-0.05, 0) is 0 Å². The fraction of sp³-hybridized carbons (Fsp3) is 0.444.